The van der Waals surface area contributed by atoms with Crippen molar-refractivity contribution >= 4 is 26.9 Å². The second-order valence-electron chi connectivity index (χ2n) is 5.36. The van der Waals surface area contributed by atoms with Gasteiger partial charge >= 0.3 is 112 Å². The minimum atomic E-state index is -1.80. The van der Waals surface area contributed by atoms with Gasteiger partial charge in [-0.25, -0.2) is 0 Å². The first-order chi connectivity index (χ1) is 8.09. The molecular weight excluding hydrogens is 311 g/mol. The van der Waals surface area contributed by atoms with Gasteiger partial charge in [0.15, 0.2) is 0 Å². The number of benzene rings is 2. The van der Waals surface area contributed by atoms with E-state index in [4.69, 9.17) is 0 Å². The molecule has 2 aromatic carbocycles. The fraction of sp³-hybridized carbons (Fsp3) is 0.250. The first-order valence-electron chi connectivity index (χ1n) is 6.07. The van der Waals surface area contributed by atoms with Crippen LogP contribution in [0.25, 0.3) is 0 Å². The van der Waals surface area contributed by atoms with Crippen molar-refractivity contribution in [1.82, 2.24) is 0 Å². The van der Waals surface area contributed by atoms with Gasteiger partial charge in [0.05, 0.1) is 0 Å². The second-order valence-corrected chi connectivity index (χ2v) is 15.1. The molecule has 0 fully saturated rings. The van der Waals surface area contributed by atoms with Gasteiger partial charge in [-0.2, -0.15) is 0 Å². The van der Waals surface area contributed by atoms with E-state index in [1.165, 1.54) is 0 Å². The van der Waals surface area contributed by atoms with Gasteiger partial charge in [-0.05, 0) is 0 Å². The Hall–Kier alpha value is -0.761. The summed E-state index contributed by atoms with van der Waals surface area (Å²) < 4.78 is 3.60. The van der Waals surface area contributed by atoms with Crippen LogP contribution in [0.3, 0.4) is 0 Å². The Morgan fingerprint density at radius 2 is 1.00 bits per heavy atom. The van der Waals surface area contributed by atoms with Crippen LogP contribution < -0.4 is 7.16 Å². The maximum absolute atomic E-state index is 2.39. The Morgan fingerprint density at radius 3 is 1.29 bits per heavy atom. The van der Waals surface area contributed by atoms with Crippen LogP contribution in [0.5, 0.6) is 0 Å². The summed E-state index contributed by atoms with van der Waals surface area (Å²) in [5.74, 6) is 0. The van der Waals surface area contributed by atoms with Crippen LogP contribution in [0.15, 0.2) is 60.7 Å². The Labute approximate surface area is 111 Å². The molecule has 0 aliphatic heterocycles. The van der Waals surface area contributed by atoms with E-state index >= 15 is 0 Å². The van der Waals surface area contributed by atoms with Gasteiger partial charge in [-0.1, -0.05) is 0 Å². The van der Waals surface area contributed by atoms with Crippen molar-refractivity contribution in [2.24, 2.45) is 0 Å². The van der Waals surface area contributed by atoms with E-state index < -0.39 is 19.8 Å². The fourth-order valence-electron chi connectivity index (χ4n) is 2.24. The first kappa shape index (κ1) is 12.7. The zero-order chi connectivity index (χ0) is 12.3. The normalized spacial score (nSPS) is 11.8. The van der Waals surface area contributed by atoms with E-state index in [0.29, 0.717) is 3.43 Å². The van der Waals surface area contributed by atoms with E-state index in [9.17, 15) is 0 Å². The maximum atomic E-state index is 2.39. The van der Waals surface area contributed by atoms with Gasteiger partial charge in [0.1, 0.15) is 0 Å². The second kappa shape index (κ2) is 5.26. The average molecular weight is 330 g/mol. The molecule has 2 rings (SSSR count). The summed E-state index contributed by atoms with van der Waals surface area (Å²) in [5, 5.41) is 0. The van der Waals surface area contributed by atoms with Gasteiger partial charge in [0.2, 0.25) is 0 Å². The molecule has 2 aromatic rings. The molecule has 0 amide bonds. The topological polar surface area (TPSA) is 0 Å². The van der Waals surface area contributed by atoms with Crippen LogP contribution in [0.1, 0.15) is 20.8 Å². The molecule has 0 N–H and O–H groups in total. The molecular formula is C16H19Sn. The third-order valence-electron chi connectivity index (χ3n) is 2.87. The molecule has 1 heteroatoms. The molecule has 0 aromatic heterocycles. The summed E-state index contributed by atoms with van der Waals surface area (Å²) in [6, 6.07) is 22.2. The van der Waals surface area contributed by atoms with Gasteiger partial charge in [0, 0.05) is 0 Å². The van der Waals surface area contributed by atoms with E-state index in [2.05, 4.69) is 81.4 Å². The van der Waals surface area contributed by atoms with E-state index in [1.54, 1.807) is 7.16 Å². The third kappa shape index (κ3) is 3.12. The first-order valence-corrected chi connectivity index (χ1v) is 10.4. The van der Waals surface area contributed by atoms with Crippen molar-refractivity contribution in [2.45, 2.75) is 24.2 Å². The summed E-state index contributed by atoms with van der Waals surface area (Å²) in [7, 11) is 0. The minimum absolute atomic E-state index is 0.422. The van der Waals surface area contributed by atoms with Crippen LogP contribution in [0.2, 0.25) is 3.43 Å². The molecule has 0 atom stereocenters. The van der Waals surface area contributed by atoms with Crippen LogP contribution in [0, 0.1) is 0 Å². The van der Waals surface area contributed by atoms with E-state index in [-0.39, 0.29) is 0 Å². The van der Waals surface area contributed by atoms with Crippen molar-refractivity contribution in [3.63, 3.8) is 0 Å². The van der Waals surface area contributed by atoms with Gasteiger partial charge in [0.25, 0.3) is 0 Å². The Balaban J connectivity index is 2.48. The van der Waals surface area contributed by atoms with Gasteiger partial charge in [-0.15, -0.1) is 0 Å². The van der Waals surface area contributed by atoms with Crippen LogP contribution >= 0.6 is 0 Å². The summed E-state index contributed by atoms with van der Waals surface area (Å²) in [4.78, 5) is 0. The third-order valence-corrected chi connectivity index (χ3v) is 12.4. The summed E-state index contributed by atoms with van der Waals surface area (Å²) in [5.41, 5.74) is 0. The van der Waals surface area contributed by atoms with Crippen LogP contribution in [-0.4, -0.2) is 19.8 Å². The number of hydrogen-bond acceptors (Lipinski definition) is 0. The molecule has 0 aliphatic carbocycles. The molecule has 0 bridgehead atoms. The zero-order valence-electron chi connectivity index (χ0n) is 10.8. The molecule has 87 valence electrons. The summed E-state index contributed by atoms with van der Waals surface area (Å²) >= 11 is -1.80. The Bertz CT molecular complexity index is 414. The van der Waals surface area contributed by atoms with Crippen molar-refractivity contribution in [3.8, 4) is 0 Å². The van der Waals surface area contributed by atoms with Crippen LogP contribution in [-0.2, 0) is 0 Å². The molecule has 0 saturated heterocycles. The van der Waals surface area contributed by atoms with E-state index in [1.807, 2.05) is 0 Å². The molecule has 0 heterocycles. The van der Waals surface area contributed by atoms with Crippen LogP contribution in [0.4, 0.5) is 0 Å². The average Bonchev–Trinajstić information content (AvgIpc) is 2.30. The molecule has 0 spiro atoms. The van der Waals surface area contributed by atoms with Crippen molar-refractivity contribution in [2.75, 3.05) is 0 Å². The summed E-state index contributed by atoms with van der Waals surface area (Å²) in [6.45, 7) is 7.17. The van der Waals surface area contributed by atoms with E-state index in [0.717, 1.165) is 0 Å². The SMILES string of the molecule is C[C](C)(C)[Sn]([c]1ccccc1)[c]1ccccc1. The predicted molar refractivity (Wildman–Crippen MR) is 77.6 cm³/mol. The summed E-state index contributed by atoms with van der Waals surface area (Å²) in [6.07, 6.45) is 0. The molecule has 17 heavy (non-hydrogen) atoms. The van der Waals surface area contributed by atoms with Gasteiger partial charge < -0.3 is 0 Å². The standard InChI is InChI=1S/2C6H5.C4H9.Sn/c2*1-2-4-6-5-3-1;1-4(2)3;/h2*1-5H;1-3H3;. The van der Waals surface area contributed by atoms with Crippen molar-refractivity contribution < 1.29 is 0 Å². The molecule has 0 unspecified atom stereocenters. The van der Waals surface area contributed by atoms with Crippen molar-refractivity contribution in [3.05, 3.63) is 60.7 Å². The predicted octanol–water partition coefficient (Wildman–Crippen LogP) is 3.10. The van der Waals surface area contributed by atoms with Gasteiger partial charge in [-0.3, -0.25) is 0 Å². The number of hydrogen-bond donors (Lipinski definition) is 0. The molecule has 0 aliphatic rings. The quantitative estimate of drug-likeness (QED) is 0.743. The zero-order valence-corrected chi connectivity index (χ0v) is 13.6. The molecule has 1 radical (unpaired) electrons. The monoisotopic (exact) mass is 331 g/mol. The molecule has 0 saturated carbocycles. The Morgan fingerprint density at radius 1 is 0.647 bits per heavy atom. The fourth-order valence-corrected chi connectivity index (χ4v) is 11.1. The molecule has 0 nitrogen and oxygen atoms in total. The number of rotatable bonds is 2. The van der Waals surface area contributed by atoms with Crippen molar-refractivity contribution in [1.29, 1.82) is 0 Å². The Kier molecular flexibility index (Phi) is 3.93.